The van der Waals surface area contributed by atoms with Crippen molar-refractivity contribution in [1.29, 1.82) is 0 Å². The van der Waals surface area contributed by atoms with Gasteiger partial charge in [0.25, 0.3) is 0 Å². The van der Waals surface area contributed by atoms with Gasteiger partial charge in [-0.25, -0.2) is 0 Å². The SMILES string of the molecule is Cc1cc(C(N)=O)ccc1-c1ccc(CNCCc2ccccc2)cc1. The number of nitrogens with two attached hydrogens (primary N) is 1. The maximum absolute atomic E-state index is 11.3. The fourth-order valence-corrected chi connectivity index (χ4v) is 3.05. The van der Waals surface area contributed by atoms with Crippen molar-refractivity contribution < 1.29 is 4.79 Å². The molecule has 132 valence electrons. The minimum Gasteiger partial charge on any atom is -0.366 e. The zero-order valence-electron chi connectivity index (χ0n) is 15.0. The average molecular weight is 344 g/mol. The Morgan fingerprint density at radius 3 is 2.31 bits per heavy atom. The van der Waals surface area contributed by atoms with E-state index in [0.29, 0.717) is 5.56 Å². The van der Waals surface area contributed by atoms with Crippen LogP contribution in [-0.2, 0) is 13.0 Å². The van der Waals surface area contributed by atoms with Gasteiger partial charge in [-0.15, -0.1) is 0 Å². The highest BCUT2D eigenvalue weighted by atomic mass is 16.1. The van der Waals surface area contributed by atoms with Gasteiger partial charge in [-0.05, 0) is 59.8 Å². The Labute approximate surface area is 154 Å². The minimum atomic E-state index is -0.392. The number of nitrogens with one attached hydrogen (secondary N) is 1. The predicted molar refractivity (Wildman–Crippen MR) is 107 cm³/mol. The molecular weight excluding hydrogens is 320 g/mol. The lowest BCUT2D eigenvalue weighted by Crippen LogP contribution is -2.16. The molecule has 3 rings (SSSR count). The van der Waals surface area contributed by atoms with Crippen LogP contribution in [0.5, 0.6) is 0 Å². The first-order valence-electron chi connectivity index (χ1n) is 8.88. The second kappa shape index (κ2) is 8.45. The van der Waals surface area contributed by atoms with Crippen LogP contribution in [-0.4, -0.2) is 12.5 Å². The number of hydrogen-bond acceptors (Lipinski definition) is 2. The molecule has 1 amide bonds. The Hall–Kier alpha value is -2.91. The highest BCUT2D eigenvalue weighted by molar-refractivity contribution is 5.93. The van der Waals surface area contributed by atoms with Gasteiger partial charge in [0, 0.05) is 12.1 Å². The van der Waals surface area contributed by atoms with Crippen LogP contribution < -0.4 is 11.1 Å². The van der Waals surface area contributed by atoms with E-state index in [1.807, 2.05) is 25.1 Å². The van der Waals surface area contributed by atoms with Crippen LogP contribution in [0.2, 0.25) is 0 Å². The quantitative estimate of drug-likeness (QED) is 0.634. The highest BCUT2D eigenvalue weighted by Gasteiger charge is 2.06. The van der Waals surface area contributed by atoms with Crippen molar-refractivity contribution in [2.24, 2.45) is 5.73 Å². The molecule has 0 aromatic heterocycles. The van der Waals surface area contributed by atoms with Crippen LogP contribution in [0, 0.1) is 6.92 Å². The smallest absolute Gasteiger partial charge is 0.248 e. The lowest BCUT2D eigenvalue weighted by atomic mass is 9.97. The van der Waals surface area contributed by atoms with Crippen molar-refractivity contribution in [1.82, 2.24) is 5.32 Å². The summed E-state index contributed by atoms with van der Waals surface area (Å²) in [6, 6.07) is 24.6. The molecule has 3 N–H and O–H groups in total. The van der Waals surface area contributed by atoms with Crippen LogP contribution in [0.15, 0.2) is 72.8 Å². The fraction of sp³-hybridized carbons (Fsp3) is 0.174. The maximum Gasteiger partial charge on any atom is 0.248 e. The zero-order valence-corrected chi connectivity index (χ0v) is 15.0. The predicted octanol–water partition coefficient (Wildman–Crippen LogP) is 4.09. The molecule has 3 nitrogen and oxygen atoms in total. The van der Waals surface area contributed by atoms with Crippen molar-refractivity contribution in [2.75, 3.05) is 6.54 Å². The second-order valence-electron chi connectivity index (χ2n) is 6.50. The van der Waals surface area contributed by atoms with E-state index in [2.05, 4.69) is 53.8 Å². The van der Waals surface area contributed by atoms with Crippen molar-refractivity contribution in [3.05, 3.63) is 95.1 Å². The summed E-state index contributed by atoms with van der Waals surface area (Å²) >= 11 is 0. The van der Waals surface area contributed by atoms with Crippen LogP contribution in [0.3, 0.4) is 0 Å². The van der Waals surface area contributed by atoms with Gasteiger partial charge in [-0.1, -0.05) is 60.7 Å². The monoisotopic (exact) mass is 344 g/mol. The van der Waals surface area contributed by atoms with Gasteiger partial charge in [0.05, 0.1) is 0 Å². The molecule has 0 bridgehead atoms. The fourth-order valence-electron chi connectivity index (χ4n) is 3.05. The minimum absolute atomic E-state index is 0.392. The number of hydrogen-bond donors (Lipinski definition) is 2. The third-order valence-corrected chi connectivity index (χ3v) is 4.54. The van der Waals surface area contributed by atoms with Gasteiger partial charge in [-0.2, -0.15) is 0 Å². The number of benzene rings is 3. The molecule has 0 saturated carbocycles. The number of aryl methyl sites for hydroxylation is 1. The maximum atomic E-state index is 11.3. The Morgan fingerprint density at radius 1 is 0.923 bits per heavy atom. The van der Waals surface area contributed by atoms with E-state index >= 15 is 0 Å². The largest absolute Gasteiger partial charge is 0.366 e. The molecule has 0 fully saturated rings. The molecule has 0 unspecified atom stereocenters. The number of carbonyl (C=O) groups excluding carboxylic acids is 1. The van der Waals surface area contributed by atoms with E-state index in [9.17, 15) is 4.79 Å². The van der Waals surface area contributed by atoms with Gasteiger partial charge >= 0.3 is 0 Å². The van der Waals surface area contributed by atoms with Crippen molar-refractivity contribution >= 4 is 5.91 Å². The normalized spacial score (nSPS) is 10.7. The first kappa shape index (κ1) is 17.9. The van der Waals surface area contributed by atoms with Crippen molar-refractivity contribution in [2.45, 2.75) is 19.9 Å². The highest BCUT2D eigenvalue weighted by Crippen LogP contribution is 2.24. The first-order valence-corrected chi connectivity index (χ1v) is 8.88. The van der Waals surface area contributed by atoms with Gasteiger partial charge < -0.3 is 11.1 Å². The lowest BCUT2D eigenvalue weighted by molar-refractivity contribution is 0.1000. The Kier molecular flexibility index (Phi) is 5.82. The molecular formula is C23H24N2O. The standard InChI is InChI=1S/C23H24N2O/c1-17-15-21(23(24)26)11-12-22(17)20-9-7-19(8-10-20)16-25-14-13-18-5-3-2-4-6-18/h2-12,15,25H,13-14,16H2,1H3,(H2,24,26). The number of amides is 1. The topological polar surface area (TPSA) is 55.1 Å². The van der Waals surface area contributed by atoms with E-state index in [-0.39, 0.29) is 0 Å². The third kappa shape index (κ3) is 4.58. The molecule has 0 radical (unpaired) electrons. The molecule has 0 spiro atoms. The Bertz CT molecular complexity index is 870. The summed E-state index contributed by atoms with van der Waals surface area (Å²) in [5, 5.41) is 3.49. The summed E-state index contributed by atoms with van der Waals surface area (Å²) in [5.41, 5.74) is 11.8. The van der Waals surface area contributed by atoms with Gasteiger partial charge in [0.2, 0.25) is 5.91 Å². The van der Waals surface area contributed by atoms with Crippen LogP contribution in [0.1, 0.15) is 27.0 Å². The summed E-state index contributed by atoms with van der Waals surface area (Å²) in [6.45, 7) is 3.81. The van der Waals surface area contributed by atoms with E-state index in [1.165, 1.54) is 11.1 Å². The molecule has 26 heavy (non-hydrogen) atoms. The van der Waals surface area contributed by atoms with Crippen LogP contribution in [0.25, 0.3) is 11.1 Å². The van der Waals surface area contributed by atoms with Gasteiger partial charge in [0.1, 0.15) is 0 Å². The van der Waals surface area contributed by atoms with Crippen LogP contribution in [0.4, 0.5) is 0 Å². The first-order chi connectivity index (χ1) is 12.6. The number of primary amides is 1. The molecule has 0 aliphatic heterocycles. The molecule has 0 aliphatic carbocycles. The Balaban J connectivity index is 1.57. The van der Waals surface area contributed by atoms with Gasteiger partial charge in [0.15, 0.2) is 0 Å². The van der Waals surface area contributed by atoms with Gasteiger partial charge in [-0.3, -0.25) is 4.79 Å². The van der Waals surface area contributed by atoms with Crippen molar-refractivity contribution in [3.8, 4) is 11.1 Å². The van der Waals surface area contributed by atoms with Crippen molar-refractivity contribution in [3.63, 3.8) is 0 Å². The zero-order chi connectivity index (χ0) is 18.4. The molecule has 0 atom stereocenters. The third-order valence-electron chi connectivity index (χ3n) is 4.54. The molecule has 0 aliphatic rings. The summed E-state index contributed by atoms with van der Waals surface area (Å²) in [6.07, 6.45) is 1.03. The second-order valence-corrected chi connectivity index (χ2v) is 6.50. The number of carbonyl (C=O) groups is 1. The summed E-state index contributed by atoms with van der Waals surface area (Å²) in [7, 11) is 0. The molecule has 0 heterocycles. The Morgan fingerprint density at radius 2 is 1.65 bits per heavy atom. The molecule has 3 aromatic carbocycles. The molecule has 0 saturated heterocycles. The summed E-state index contributed by atoms with van der Waals surface area (Å²) in [4.78, 5) is 11.3. The number of rotatable bonds is 7. The molecule has 3 heteroatoms. The lowest BCUT2D eigenvalue weighted by Gasteiger charge is -2.09. The van der Waals surface area contributed by atoms with Crippen LogP contribution >= 0.6 is 0 Å². The summed E-state index contributed by atoms with van der Waals surface area (Å²) in [5.74, 6) is -0.392. The average Bonchev–Trinajstić information content (AvgIpc) is 2.66. The van der Waals surface area contributed by atoms with E-state index in [1.54, 1.807) is 6.07 Å². The summed E-state index contributed by atoms with van der Waals surface area (Å²) < 4.78 is 0. The van der Waals surface area contributed by atoms with E-state index in [4.69, 9.17) is 5.73 Å². The van der Waals surface area contributed by atoms with E-state index in [0.717, 1.165) is 36.2 Å². The molecule has 3 aromatic rings. The van der Waals surface area contributed by atoms with E-state index < -0.39 is 5.91 Å².